The Morgan fingerprint density at radius 1 is 1.30 bits per heavy atom. The predicted molar refractivity (Wildman–Crippen MR) is 84.2 cm³/mol. The molecule has 0 bridgehead atoms. The summed E-state index contributed by atoms with van der Waals surface area (Å²) in [6, 6.07) is 6.66. The lowest BCUT2D eigenvalue weighted by Crippen LogP contribution is -2.06. The van der Waals surface area contributed by atoms with Gasteiger partial charge in [-0.1, -0.05) is 26.0 Å². The first-order valence-electron chi connectivity index (χ1n) is 6.18. The van der Waals surface area contributed by atoms with Crippen molar-refractivity contribution in [3.8, 4) is 0 Å². The Kier molecular flexibility index (Phi) is 4.99. The first-order valence-corrected chi connectivity index (χ1v) is 7.96. The van der Waals surface area contributed by atoms with Gasteiger partial charge in [0.15, 0.2) is 0 Å². The summed E-state index contributed by atoms with van der Waals surface area (Å²) >= 11 is 4.77. The van der Waals surface area contributed by atoms with Crippen molar-refractivity contribution in [2.45, 2.75) is 30.4 Å². The second-order valence-electron chi connectivity index (χ2n) is 4.60. The van der Waals surface area contributed by atoms with Crippen molar-refractivity contribution in [3.63, 3.8) is 0 Å². The number of benzene rings is 1. The summed E-state index contributed by atoms with van der Waals surface area (Å²) in [5.74, 6) is 1.53. The van der Waals surface area contributed by atoms with E-state index in [1.54, 1.807) is 12.1 Å². The molecule has 1 aromatic carbocycles. The SMILES string of the molecule is CC(C)c1nc(CSc2ccccc2F)nc(N)c1Br. The van der Waals surface area contributed by atoms with Gasteiger partial charge >= 0.3 is 0 Å². The van der Waals surface area contributed by atoms with Crippen LogP contribution in [0.4, 0.5) is 10.2 Å². The Bertz CT molecular complexity index is 619. The minimum Gasteiger partial charge on any atom is -0.383 e. The van der Waals surface area contributed by atoms with Crippen molar-refractivity contribution in [2.75, 3.05) is 5.73 Å². The van der Waals surface area contributed by atoms with E-state index in [1.165, 1.54) is 17.8 Å². The van der Waals surface area contributed by atoms with Crippen LogP contribution in [0.1, 0.15) is 31.3 Å². The van der Waals surface area contributed by atoms with Crippen LogP contribution in [0.5, 0.6) is 0 Å². The van der Waals surface area contributed by atoms with Gasteiger partial charge in [0.25, 0.3) is 0 Å². The zero-order valence-corrected chi connectivity index (χ0v) is 13.6. The molecular weight excluding hydrogens is 341 g/mol. The van der Waals surface area contributed by atoms with Crippen LogP contribution in [-0.2, 0) is 5.75 Å². The van der Waals surface area contributed by atoms with Crippen LogP contribution < -0.4 is 5.73 Å². The fraction of sp³-hybridized carbons (Fsp3) is 0.286. The molecule has 0 fully saturated rings. The summed E-state index contributed by atoms with van der Waals surface area (Å²) in [5.41, 5.74) is 6.75. The number of nitrogens with zero attached hydrogens (tertiary/aromatic N) is 2. The molecule has 0 saturated heterocycles. The second kappa shape index (κ2) is 6.54. The molecule has 0 radical (unpaired) electrons. The first kappa shape index (κ1) is 15.3. The van der Waals surface area contributed by atoms with Gasteiger partial charge in [-0.3, -0.25) is 0 Å². The van der Waals surface area contributed by atoms with Crippen LogP contribution in [0.3, 0.4) is 0 Å². The van der Waals surface area contributed by atoms with Gasteiger partial charge in [-0.2, -0.15) is 0 Å². The van der Waals surface area contributed by atoms with Crippen LogP contribution in [0.15, 0.2) is 33.6 Å². The zero-order chi connectivity index (χ0) is 14.7. The summed E-state index contributed by atoms with van der Waals surface area (Å²) in [5, 5.41) is 0. The fourth-order valence-corrected chi connectivity index (χ4v) is 3.11. The average Bonchev–Trinajstić information content (AvgIpc) is 2.41. The van der Waals surface area contributed by atoms with E-state index in [4.69, 9.17) is 5.73 Å². The highest BCUT2D eigenvalue weighted by Gasteiger charge is 2.13. The predicted octanol–water partition coefficient (Wildman–Crippen LogP) is 4.38. The minimum atomic E-state index is -0.230. The van der Waals surface area contributed by atoms with Gasteiger partial charge in [0.1, 0.15) is 17.5 Å². The molecule has 0 atom stereocenters. The molecule has 6 heteroatoms. The lowest BCUT2D eigenvalue weighted by Gasteiger charge is -2.11. The Hall–Kier alpha value is -1.14. The van der Waals surface area contributed by atoms with E-state index in [9.17, 15) is 4.39 Å². The Morgan fingerprint density at radius 2 is 2.00 bits per heavy atom. The van der Waals surface area contributed by atoms with Crippen molar-refractivity contribution in [1.29, 1.82) is 0 Å². The van der Waals surface area contributed by atoms with Crippen LogP contribution in [0, 0.1) is 5.82 Å². The Morgan fingerprint density at radius 3 is 2.65 bits per heavy atom. The number of rotatable bonds is 4. The lowest BCUT2D eigenvalue weighted by atomic mass is 10.1. The summed E-state index contributed by atoms with van der Waals surface area (Å²) < 4.78 is 14.3. The molecule has 2 rings (SSSR count). The molecule has 0 spiro atoms. The standard InChI is InChI=1S/C14H15BrFN3S/c1-8(2)13-12(15)14(17)19-11(18-13)7-20-10-6-4-3-5-9(10)16/h3-6,8H,7H2,1-2H3,(H2,17,18,19). The first-order chi connectivity index (χ1) is 9.49. The zero-order valence-electron chi connectivity index (χ0n) is 11.2. The molecule has 0 unspecified atom stereocenters. The van der Waals surface area contributed by atoms with E-state index in [1.807, 2.05) is 19.9 Å². The number of nitrogen functional groups attached to an aromatic ring is 1. The van der Waals surface area contributed by atoms with E-state index < -0.39 is 0 Å². The number of anilines is 1. The van der Waals surface area contributed by atoms with E-state index >= 15 is 0 Å². The molecular formula is C14H15BrFN3S. The second-order valence-corrected chi connectivity index (χ2v) is 6.41. The molecule has 3 nitrogen and oxygen atoms in total. The molecule has 1 heterocycles. The highest BCUT2D eigenvalue weighted by atomic mass is 79.9. The van der Waals surface area contributed by atoms with Gasteiger partial charge < -0.3 is 5.73 Å². The quantitative estimate of drug-likeness (QED) is 0.827. The minimum absolute atomic E-state index is 0.230. The van der Waals surface area contributed by atoms with Crippen molar-refractivity contribution >= 4 is 33.5 Å². The molecule has 1 aromatic heterocycles. The van der Waals surface area contributed by atoms with E-state index in [0.717, 1.165) is 10.2 Å². The largest absolute Gasteiger partial charge is 0.383 e. The molecule has 0 saturated carbocycles. The number of nitrogens with two attached hydrogens (primary N) is 1. The highest BCUT2D eigenvalue weighted by Crippen LogP contribution is 2.29. The number of halogens is 2. The molecule has 20 heavy (non-hydrogen) atoms. The van der Waals surface area contributed by atoms with Crippen LogP contribution >= 0.6 is 27.7 Å². The van der Waals surface area contributed by atoms with Crippen molar-refractivity contribution in [1.82, 2.24) is 9.97 Å². The fourth-order valence-electron chi connectivity index (χ4n) is 1.68. The Balaban J connectivity index is 2.20. The lowest BCUT2D eigenvalue weighted by molar-refractivity contribution is 0.602. The van der Waals surface area contributed by atoms with E-state index in [0.29, 0.717) is 22.3 Å². The van der Waals surface area contributed by atoms with Crippen LogP contribution in [0.25, 0.3) is 0 Å². The molecule has 0 aliphatic rings. The molecule has 0 amide bonds. The molecule has 0 aliphatic carbocycles. The van der Waals surface area contributed by atoms with Gasteiger partial charge in [0.2, 0.25) is 0 Å². The maximum absolute atomic E-state index is 13.5. The Labute approximate surface area is 130 Å². The molecule has 2 aromatic rings. The van der Waals surface area contributed by atoms with Crippen LogP contribution in [0.2, 0.25) is 0 Å². The van der Waals surface area contributed by atoms with Gasteiger partial charge in [-0.15, -0.1) is 11.8 Å². The maximum Gasteiger partial charge on any atom is 0.141 e. The van der Waals surface area contributed by atoms with E-state index in [2.05, 4.69) is 25.9 Å². The molecule has 2 N–H and O–H groups in total. The third kappa shape index (κ3) is 3.49. The van der Waals surface area contributed by atoms with Gasteiger partial charge in [-0.25, -0.2) is 14.4 Å². The van der Waals surface area contributed by atoms with Crippen molar-refractivity contribution < 1.29 is 4.39 Å². The van der Waals surface area contributed by atoms with Crippen molar-refractivity contribution in [3.05, 3.63) is 46.1 Å². The van der Waals surface area contributed by atoms with Gasteiger partial charge in [0.05, 0.1) is 15.9 Å². The molecule has 106 valence electrons. The topological polar surface area (TPSA) is 51.8 Å². The number of hydrogen-bond acceptors (Lipinski definition) is 4. The summed E-state index contributed by atoms with van der Waals surface area (Å²) in [4.78, 5) is 9.32. The summed E-state index contributed by atoms with van der Waals surface area (Å²) in [6.45, 7) is 4.08. The third-order valence-electron chi connectivity index (χ3n) is 2.69. The number of aromatic nitrogens is 2. The average molecular weight is 356 g/mol. The monoisotopic (exact) mass is 355 g/mol. The van der Waals surface area contributed by atoms with Crippen molar-refractivity contribution in [2.24, 2.45) is 0 Å². The normalized spacial score (nSPS) is 11.1. The van der Waals surface area contributed by atoms with Gasteiger partial charge in [-0.05, 0) is 34.0 Å². The maximum atomic E-state index is 13.5. The van der Waals surface area contributed by atoms with Gasteiger partial charge in [0, 0.05) is 4.90 Å². The number of hydrogen-bond donors (Lipinski definition) is 1. The smallest absolute Gasteiger partial charge is 0.141 e. The third-order valence-corrected chi connectivity index (χ3v) is 4.55. The van der Waals surface area contributed by atoms with Crippen LogP contribution in [-0.4, -0.2) is 9.97 Å². The highest BCUT2D eigenvalue weighted by molar-refractivity contribution is 9.10. The number of thioether (sulfide) groups is 1. The summed E-state index contributed by atoms with van der Waals surface area (Å²) in [7, 11) is 0. The summed E-state index contributed by atoms with van der Waals surface area (Å²) in [6.07, 6.45) is 0. The van der Waals surface area contributed by atoms with E-state index in [-0.39, 0.29) is 11.7 Å². The molecule has 0 aliphatic heterocycles.